The molecule has 8 heteroatoms. The summed E-state index contributed by atoms with van der Waals surface area (Å²) in [5.74, 6) is -0.361. The minimum absolute atomic E-state index is 0.156. The number of para-hydroxylation sites is 1. The van der Waals surface area contributed by atoms with Gasteiger partial charge in [0.05, 0.1) is 17.0 Å². The summed E-state index contributed by atoms with van der Waals surface area (Å²) in [6.45, 7) is 1.95. The third kappa shape index (κ3) is 4.70. The van der Waals surface area contributed by atoms with Gasteiger partial charge in [-0.1, -0.05) is 36.0 Å². The van der Waals surface area contributed by atoms with Crippen molar-refractivity contribution in [2.45, 2.75) is 12.1 Å². The van der Waals surface area contributed by atoms with Gasteiger partial charge < -0.3 is 10.6 Å². The van der Waals surface area contributed by atoms with E-state index in [1.807, 2.05) is 31.2 Å². The lowest BCUT2D eigenvalue weighted by molar-refractivity contribution is -0.113. The number of amides is 2. The lowest BCUT2D eigenvalue weighted by Gasteiger charge is -2.11. The maximum Gasteiger partial charge on any atom is 0.257 e. The standard InChI is InChI=1S/C18H17N5O2S/c1-12-5-4-6-13(9-12)21-17(25)14-7-2-3-8-15(14)22-16(24)10-26-18-19-11-20-23-18/h2-9,11H,10H2,1H3,(H,21,25)(H,22,24)(H,19,20,23). The summed E-state index contributed by atoms with van der Waals surface area (Å²) < 4.78 is 0. The van der Waals surface area contributed by atoms with Crippen molar-refractivity contribution in [3.05, 3.63) is 66.0 Å². The van der Waals surface area contributed by atoms with Gasteiger partial charge in [0, 0.05) is 5.69 Å². The number of carbonyl (C=O) groups excluding carboxylic acids is 2. The zero-order valence-corrected chi connectivity index (χ0v) is 14.8. The van der Waals surface area contributed by atoms with Crippen LogP contribution in [0.1, 0.15) is 15.9 Å². The van der Waals surface area contributed by atoms with Gasteiger partial charge in [-0.15, -0.1) is 0 Å². The van der Waals surface area contributed by atoms with E-state index in [0.29, 0.717) is 22.1 Å². The molecule has 0 aliphatic heterocycles. The normalized spacial score (nSPS) is 10.3. The molecule has 26 heavy (non-hydrogen) atoms. The smallest absolute Gasteiger partial charge is 0.257 e. The molecular weight excluding hydrogens is 350 g/mol. The molecular formula is C18H17N5O2S. The second kappa shape index (κ2) is 8.30. The van der Waals surface area contributed by atoms with Crippen LogP contribution >= 0.6 is 11.8 Å². The van der Waals surface area contributed by atoms with E-state index >= 15 is 0 Å². The zero-order valence-electron chi connectivity index (χ0n) is 14.0. The Morgan fingerprint density at radius 1 is 1.12 bits per heavy atom. The van der Waals surface area contributed by atoms with Gasteiger partial charge in [0.25, 0.3) is 5.91 Å². The quantitative estimate of drug-likeness (QED) is 0.581. The number of aryl methyl sites for hydroxylation is 1. The van der Waals surface area contributed by atoms with Gasteiger partial charge in [0.2, 0.25) is 5.91 Å². The van der Waals surface area contributed by atoms with Crippen LogP contribution in [0.3, 0.4) is 0 Å². The lowest BCUT2D eigenvalue weighted by atomic mass is 10.1. The number of thioether (sulfide) groups is 1. The van der Waals surface area contributed by atoms with E-state index in [2.05, 4.69) is 25.8 Å². The summed E-state index contributed by atoms with van der Waals surface area (Å²) in [5, 5.41) is 12.6. The molecule has 0 saturated heterocycles. The first-order chi connectivity index (χ1) is 12.6. The SMILES string of the molecule is Cc1cccc(NC(=O)c2ccccc2NC(=O)CSc2ncn[nH]2)c1. The van der Waals surface area contributed by atoms with Gasteiger partial charge >= 0.3 is 0 Å². The molecule has 0 aliphatic carbocycles. The number of aromatic nitrogens is 3. The van der Waals surface area contributed by atoms with E-state index in [1.54, 1.807) is 24.3 Å². The van der Waals surface area contributed by atoms with Crippen molar-refractivity contribution in [3.8, 4) is 0 Å². The highest BCUT2D eigenvalue weighted by molar-refractivity contribution is 7.99. The van der Waals surface area contributed by atoms with Crippen LogP contribution in [0.4, 0.5) is 11.4 Å². The van der Waals surface area contributed by atoms with Crippen molar-refractivity contribution in [1.29, 1.82) is 0 Å². The number of nitrogens with zero attached hydrogens (tertiary/aromatic N) is 2. The fourth-order valence-electron chi connectivity index (χ4n) is 2.30. The molecule has 0 saturated carbocycles. The lowest BCUT2D eigenvalue weighted by Crippen LogP contribution is -2.19. The molecule has 0 fully saturated rings. The second-order valence-electron chi connectivity index (χ2n) is 5.50. The Hall–Kier alpha value is -3.13. The highest BCUT2D eigenvalue weighted by Crippen LogP contribution is 2.19. The average molecular weight is 367 g/mol. The molecule has 0 aliphatic rings. The maximum absolute atomic E-state index is 12.6. The Morgan fingerprint density at radius 3 is 2.73 bits per heavy atom. The number of aromatic amines is 1. The largest absolute Gasteiger partial charge is 0.325 e. The summed E-state index contributed by atoms with van der Waals surface area (Å²) in [5.41, 5.74) is 2.61. The Balaban J connectivity index is 1.67. The number of nitrogens with one attached hydrogen (secondary N) is 3. The van der Waals surface area contributed by atoms with Crippen molar-refractivity contribution >= 4 is 35.0 Å². The van der Waals surface area contributed by atoms with Crippen LogP contribution in [0, 0.1) is 6.92 Å². The maximum atomic E-state index is 12.6. The second-order valence-corrected chi connectivity index (χ2v) is 6.46. The zero-order chi connectivity index (χ0) is 18.4. The first-order valence-corrected chi connectivity index (χ1v) is 8.85. The molecule has 132 valence electrons. The minimum Gasteiger partial charge on any atom is -0.325 e. The summed E-state index contributed by atoms with van der Waals surface area (Å²) in [7, 11) is 0. The van der Waals surface area contributed by atoms with Gasteiger partial charge in [-0.05, 0) is 36.8 Å². The molecule has 3 rings (SSSR count). The van der Waals surface area contributed by atoms with Crippen LogP contribution in [0.2, 0.25) is 0 Å². The van der Waals surface area contributed by atoms with Crippen LogP contribution in [0.15, 0.2) is 60.0 Å². The number of benzene rings is 2. The monoisotopic (exact) mass is 367 g/mol. The summed E-state index contributed by atoms with van der Waals surface area (Å²) in [6, 6.07) is 14.4. The van der Waals surface area contributed by atoms with E-state index < -0.39 is 0 Å². The molecule has 3 aromatic rings. The molecule has 0 spiro atoms. The van der Waals surface area contributed by atoms with Crippen LogP contribution in [-0.4, -0.2) is 32.7 Å². The molecule has 0 radical (unpaired) electrons. The number of anilines is 2. The number of hydrogen-bond acceptors (Lipinski definition) is 5. The van der Waals surface area contributed by atoms with Crippen molar-refractivity contribution in [3.63, 3.8) is 0 Å². The minimum atomic E-state index is -0.283. The van der Waals surface area contributed by atoms with Gasteiger partial charge in [0.1, 0.15) is 6.33 Å². The van der Waals surface area contributed by atoms with Crippen molar-refractivity contribution in [2.24, 2.45) is 0 Å². The molecule has 2 aromatic carbocycles. The third-order valence-corrected chi connectivity index (χ3v) is 4.33. The first kappa shape index (κ1) is 17.7. The third-order valence-electron chi connectivity index (χ3n) is 3.45. The van der Waals surface area contributed by atoms with Gasteiger partial charge in [-0.25, -0.2) is 4.98 Å². The molecule has 2 amide bonds. The van der Waals surface area contributed by atoms with E-state index in [-0.39, 0.29) is 17.6 Å². The number of carbonyl (C=O) groups is 2. The van der Waals surface area contributed by atoms with E-state index in [0.717, 1.165) is 5.56 Å². The first-order valence-electron chi connectivity index (χ1n) is 7.87. The van der Waals surface area contributed by atoms with Crippen molar-refractivity contribution in [2.75, 3.05) is 16.4 Å². The fraction of sp³-hybridized carbons (Fsp3) is 0.111. The predicted molar refractivity (Wildman–Crippen MR) is 101 cm³/mol. The molecule has 0 atom stereocenters. The van der Waals surface area contributed by atoms with Crippen LogP contribution in [0.25, 0.3) is 0 Å². The predicted octanol–water partition coefficient (Wildman–Crippen LogP) is 3.10. The molecule has 3 N–H and O–H groups in total. The summed E-state index contributed by atoms with van der Waals surface area (Å²) in [4.78, 5) is 28.7. The van der Waals surface area contributed by atoms with Gasteiger partial charge in [-0.3, -0.25) is 14.7 Å². The molecule has 0 unspecified atom stereocenters. The van der Waals surface area contributed by atoms with Crippen molar-refractivity contribution in [1.82, 2.24) is 15.2 Å². The molecule has 1 aromatic heterocycles. The van der Waals surface area contributed by atoms with E-state index in [4.69, 9.17) is 0 Å². The highest BCUT2D eigenvalue weighted by Gasteiger charge is 2.14. The molecule has 1 heterocycles. The fourth-order valence-corrected chi connectivity index (χ4v) is 2.87. The Bertz CT molecular complexity index is 911. The topological polar surface area (TPSA) is 99.8 Å². The summed E-state index contributed by atoms with van der Waals surface area (Å²) >= 11 is 1.23. The van der Waals surface area contributed by atoms with Crippen LogP contribution in [-0.2, 0) is 4.79 Å². The number of hydrogen-bond donors (Lipinski definition) is 3. The number of H-pyrrole nitrogens is 1. The van der Waals surface area contributed by atoms with Crippen LogP contribution < -0.4 is 10.6 Å². The molecule has 7 nitrogen and oxygen atoms in total. The summed E-state index contributed by atoms with van der Waals surface area (Å²) in [6.07, 6.45) is 1.38. The molecule has 0 bridgehead atoms. The Morgan fingerprint density at radius 2 is 1.96 bits per heavy atom. The highest BCUT2D eigenvalue weighted by atomic mass is 32.2. The average Bonchev–Trinajstić information content (AvgIpc) is 3.14. The van der Waals surface area contributed by atoms with Crippen molar-refractivity contribution < 1.29 is 9.59 Å². The van der Waals surface area contributed by atoms with Crippen LogP contribution in [0.5, 0.6) is 0 Å². The van der Waals surface area contributed by atoms with Gasteiger partial charge in [-0.2, -0.15) is 5.10 Å². The van der Waals surface area contributed by atoms with Gasteiger partial charge in [0.15, 0.2) is 5.16 Å². The van der Waals surface area contributed by atoms with E-state index in [1.165, 1.54) is 18.1 Å². The van der Waals surface area contributed by atoms with E-state index in [9.17, 15) is 9.59 Å². The number of rotatable bonds is 6. The Kier molecular flexibility index (Phi) is 5.65. The Labute approximate surface area is 154 Å².